The number of hydrogen-bond acceptors (Lipinski definition) is 2. The highest BCUT2D eigenvalue weighted by Gasteiger charge is 2.22. The van der Waals surface area contributed by atoms with Gasteiger partial charge < -0.3 is 4.98 Å². The number of halogens is 1. The molecule has 1 fully saturated rings. The van der Waals surface area contributed by atoms with Crippen LogP contribution in [-0.2, 0) is 4.79 Å². The molecule has 0 unspecified atom stereocenters. The van der Waals surface area contributed by atoms with Gasteiger partial charge in [-0.05, 0) is 31.2 Å². The molecule has 0 spiro atoms. The fourth-order valence-electron chi connectivity index (χ4n) is 2.71. The Morgan fingerprint density at radius 3 is 2.74 bits per heavy atom. The van der Waals surface area contributed by atoms with Gasteiger partial charge in [-0.3, -0.25) is 9.69 Å². The Hall–Kier alpha value is -1.13. The third-order valence-electron chi connectivity index (χ3n) is 3.96. The maximum Gasteiger partial charge on any atom is 0.135 e. The van der Waals surface area contributed by atoms with E-state index in [1.54, 1.807) is 0 Å². The van der Waals surface area contributed by atoms with Crippen LogP contribution in [0.3, 0.4) is 0 Å². The van der Waals surface area contributed by atoms with Crippen molar-refractivity contribution in [1.29, 1.82) is 0 Å². The minimum Gasteiger partial charge on any atom is -0.357 e. The molecule has 3 nitrogen and oxygen atoms in total. The highest BCUT2D eigenvalue weighted by molar-refractivity contribution is 9.10. The van der Waals surface area contributed by atoms with Gasteiger partial charge in [-0.1, -0.05) is 15.9 Å². The van der Waals surface area contributed by atoms with Crippen LogP contribution in [0.1, 0.15) is 31.5 Å². The molecule has 0 amide bonds. The number of H-pyrrole nitrogens is 1. The molecule has 100 valence electrons. The lowest BCUT2D eigenvalue weighted by Gasteiger charge is -2.31. The lowest BCUT2D eigenvalue weighted by Crippen LogP contribution is -2.35. The number of piperidine rings is 1. The Balaban J connectivity index is 1.85. The van der Waals surface area contributed by atoms with Gasteiger partial charge in [-0.25, -0.2) is 0 Å². The molecule has 1 aromatic heterocycles. The zero-order chi connectivity index (χ0) is 13.4. The van der Waals surface area contributed by atoms with Crippen molar-refractivity contribution in [2.45, 2.75) is 25.8 Å². The third-order valence-corrected chi connectivity index (χ3v) is 4.45. The van der Waals surface area contributed by atoms with E-state index < -0.39 is 0 Å². The van der Waals surface area contributed by atoms with E-state index in [-0.39, 0.29) is 0 Å². The van der Waals surface area contributed by atoms with E-state index in [0.29, 0.717) is 24.7 Å². The van der Waals surface area contributed by atoms with Gasteiger partial charge in [0, 0.05) is 53.0 Å². The Bertz CT molecular complexity index is 610. The molecule has 1 aromatic carbocycles. The van der Waals surface area contributed by atoms with E-state index >= 15 is 0 Å². The first-order valence-electron chi connectivity index (χ1n) is 6.67. The standard InChI is InChI=1S/C15H17BrN2O/c1-10(18-6-4-13(19)5-7-18)15-9-11-8-12(16)2-3-14(11)17-15/h2-3,8-10,17H,4-7H2,1H3/t10-/m0/s1. The van der Waals surface area contributed by atoms with Gasteiger partial charge in [0.05, 0.1) is 0 Å². The summed E-state index contributed by atoms with van der Waals surface area (Å²) in [7, 11) is 0. The Labute approximate surface area is 121 Å². The quantitative estimate of drug-likeness (QED) is 0.916. The van der Waals surface area contributed by atoms with E-state index in [2.05, 4.69) is 50.9 Å². The number of likely N-dealkylation sites (tertiary alicyclic amines) is 1. The molecule has 2 aromatic rings. The highest BCUT2D eigenvalue weighted by atomic mass is 79.9. The molecule has 0 bridgehead atoms. The van der Waals surface area contributed by atoms with Crippen molar-refractivity contribution in [2.75, 3.05) is 13.1 Å². The van der Waals surface area contributed by atoms with Gasteiger partial charge in [0.1, 0.15) is 5.78 Å². The number of ketones is 1. The summed E-state index contributed by atoms with van der Waals surface area (Å²) in [4.78, 5) is 17.2. The average Bonchev–Trinajstić information content (AvgIpc) is 2.81. The SMILES string of the molecule is C[C@@H](c1cc2cc(Br)ccc2[nH]1)N1CCC(=O)CC1. The third kappa shape index (κ3) is 2.60. The van der Waals surface area contributed by atoms with E-state index in [9.17, 15) is 4.79 Å². The summed E-state index contributed by atoms with van der Waals surface area (Å²) in [6.07, 6.45) is 1.38. The van der Waals surface area contributed by atoms with Gasteiger partial charge >= 0.3 is 0 Å². The Morgan fingerprint density at radius 1 is 1.26 bits per heavy atom. The number of Topliss-reactive ketones (excluding diaryl/α,β-unsaturated/α-hetero) is 1. The fourth-order valence-corrected chi connectivity index (χ4v) is 3.09. The molecule has 1 N–H and O–H groups in total. The summed E-state index contributed by atoms with van der Waals surface area (Å²) in [6, 6.07) is 8.81. The molecule has 1 aliphatic rings. The predicted octanol–water partition coefficient (Wildman–Crippen LogP) is 3.66. The number of fused-ring (bicyclic) bond motifs is 1. The van der Waals surface area contributed by atoms with Crippen LogP contribution in [0, 0.1) is 0 Å². The molecular formula is C15H17BrN2O. The first kappa shape index (κ1) is 12.9. The molecule has 3 rings (SSSR count). The zero-order valence-corrected chi connectivity index (χ0v) is 12.5. The smallest absolute Gasteiger partial charge is 0.135 e. The van der Waals surface area contributed by atoms with Gasteiger partial charge in [0.2, 0.25) is 0 Å². The van der Waals surface area contributed by atoms with E-state index in [1.807, 2.05) is 6.07 Å². The molecule has 1 aliphatic heterocycles. The predicted molar refractivity (Wildman–Crippen MR) is 80.2 cm³/mol. The molecule has 2 heterocycles. The lowest BCUT2D eigenvalue weighted by molar-refractivity contribution is -0.121. The van der Waals surface area contributed by atoms with Crippen LogP contribution in [0.5, 0.6) is 0 Å². The molecule has 1 saturated heterocycles. The number of nitrogens with zero attached hydrogens (tertiary/aromatic N) is 1. The average molecular weight is 321 g/mol. The van der Waals surface area contributed by atoms with Crippen molar-refractivity contribution < 1.29 is 4.79 Å². The van der Waals surface area contributed by atoms with Crippen molar-refractivity contribution in [3.63, 3.8) is 0 Å². The summed E-state index contributed by atoms with van der Waals surface area (Å²) < 4.78 is 1.10. The summed E-state index contributed by atoms with van der Waals surface area (Å²) >= 11 is 3.50. The fraction of sp³-hybridized carbons (Fsp3) is 0.400. The first-order chi connectivity index (χ1) is 9.13. The van der Waals surface area contributed by atoms with Gasteiger partial charge in [-0.15, -0.1) is 0 Å². The van der Waals surface area contributed by atoms with Crippen LogP contribution < -0.4 is 0 Å². The highest BCUT2D eigenvalue weighted by Crippen LogP contribution is 2.27. The van der Waals surface area contributed by atoms with Crippen molar-refractivity contribution in [3.8, 4) is 0 Å². The maximum absolute atomic E-state index is 11.3. The second kappa shape index (κ2) is 5.10. The minimum absolute atomic E-state index is 0.333. The summed E-state index contributed by atoms with van der Waals surface area (Å²) in [5, 5.41) is 1.23. The topological polar surface area (TPSA) is 36.1 Å². The number of nitrogens with one attached hydrogen (secondary N) is 1. The van der Waals surface area contributed by atoms with Gasteiger partial charge in [0.15, 0.2) is 0 Å². The maximum atomic E-state index is 11.3. The Morgan fingerprint density at radius 2 is 2.00 bits per heavy atom. The largest absolute Gasteiger partial charge is 0.357 e. The number of benzene rings is 1. The number of aromatic nitrogens is 1. The van der Waals surface area contributed by atoms with E-state index in [1.165, 1.54) is 11.1 Å². The monoisotopic (exact) mass is 320 g/mol. The molecular weight excluding hydrogens is 304 g/mol. The summed E-state index contributed by atoms with van der Waals surface area (Å²) in [5.74, 6) is 0.393. The van der Waals surface area contributed by atoms with Crippen molar-refractivity contribution >= 4 is 32.6 Å². The number of rotatable bonds is 2. The van der Waals surface area contributed by atoms with Crippen molar-refractivity contribution in [2.24, 2.45) is 0 Å². The molecule has 1 atom stereocenters. The second-order valence-corrected chi connectivity index (χ2v) is 6.12. The van der Waals surface area contributed by atoms with Crippen LogP contribution in [0.4, 0.5) is 0 Å². The number of aromatic amines is 1. The molecule has 0 radical (unpaired) electrons. The molecule has 19 heavy (non-hydrogen) atoms. The molecule has 4 heteroatoms. The van der Waals surface area contributed by atoms with Crippen molar-refractivity contribution in [1.82, 2.24) is 9.88 Å². The second-order valence-electron chi connectivity index (χ2n) is 5.21. The lowest BCUT2D eigenvalue weighted by atomic mass is 10.1. The first-order valence-corrected chi connectivity index (χ1v) is 7.47. The molecule has 0 aliphatic carbocycles. The Kier molecular flexibility index (Phi) is 3.46. The molecule has 0 saturated carbocycles. The van der Waals surface area contributed by atoms with Crippen LogP contribution in [0.25, 0.3) is 10.9 Å². The minimum atomic E-state index is 0.333. The zero-order valence-electron chi connectivity index (χ0n) is 10.9. The van der Waals surface area contributed by atoms with Crippen LogP contribution in [0.2, 0.25) is 0 Å². The van der Waals surface area contributed by atoms with Gasteiger partial charge in [-0.2, -0.15) is 0 Å². The van der Waals surface area contributed by atoms with Crippen molar-refractivity contribution in [3.05, 3.63) is 34.4 Å². The summed E-state index contributed by atoms with van der Waals surface area (Å²) in [5.41, 5.74) is 2.39. The van der Waals surface area contributed by atoms with Gasteiger partial charge in [0.25, 0.3) is 0 Å². The van der Waals surface area contributed by atoms with E-state index in [0.717, 1.165) is 23.1 Å². The normalized spacial score (nSPS) is 18.9. The number of hydrogen-bond donors (Lipinski definition) is 1. The van der Waals surface area contributed by atoms with Crippen LogP contribution >= 0.6 is 15.9 Å². The van der Waals surface area contributed by atoms with E-state index in [4.69, 9.17) is 0 Å². The number of carbonyl (C=O) groups is 1. The van der Waals surface area contributed by atoms with Crippen LogP contribution in [-0.4, -0.2) is 28.8 Å². The number of carbonyl (C=O) groups excluding carboxylic acids is 1. The van der Waals surface area contributed by atoms with Crippen LogP contribution in [0.15, 0.2) is 28.7 Å². The summed E-state index contributed by atoms with van der Waals surface area (Å²) in [6.45, 7) is 3.95.